The van der Waals surface area contributed by atoms with Crippen LogP contribution in [-0.4, -0.2) is 18.4 Å². The van der Waals surface area contributed by atoms with Gasteiger partial charge in [0.1, 0.15) is 5.75 Å². The van der Waals surface area contributed by atoms with Crippen molar-refractivity contribution in [2.24, 2.45) is 0 Å². The second-order valence-corrected chi connectivity index (χ2v) is 7.94. The predicted molar refractivity (Wildman–Crippen MR) is 116 cm³/mol. The van der Waals surface area contributed by atoms with Gasteiger partial charge in [0.25, 0.3) is 11.8 Å². The van der Waals surface area contributed by atoms with Crippen molar-refractivity contribution >= 4 is 17.5 Å². The highest BCUT2D eigenvalue weighted by Gasteiger charge is 2.18. The number of anilines is 1. The monoisotopic (exact) mass is 406 g/mol. The SMILES string of the molecule is CC(C)(C)c1ccccc1OCC(=O)NCc1cccc(NC(=O)c2ccco2)c1. The van der Waals surface area contributed by atoms with Crippen molar-refractivity contribution in [2.45, 2.75) is 32.7 Å². The molecule has 0 radical (unpaired) electrons. The number of rotatable bonds is 7. The summed E-state index contributed by atoms with van der Waals surface area (Å²) in [5.41, 5.74) is 2.46. The number of nitrogens with one attached hydrogen (secondary N) is 2. The van der Waals surface area contributed by atoms with E-state index in [4.69, 9.17) is 9.15 Å². The molecule has 0 bridgehead atoms. The van der Waals surface area contributed by atoms with E-state index in [-0.39, 0.29) is 29.6 Å². The molecular weight excluding hydrogens is 380 g/mol. The minimum absolute atomic E-state index is 0.0674. The first kappa shape index (κ1) is 21.2. The van der Waals surface area contributed by atoms with Gasteiger partial charge < -0.3 is 19.8 Å². The molecule has 3 rings (SSSR count). The summed E-state index contributed by atoms with van der Waals surface area (Å²) in [6, 6.07) is 18.3. The van der Waals surface area contributed by atoms with Gasteiger partial charge in [0.2, 0.25) is 0 Å². The lowest BCUT2D eigenvalue weighted by atomic mass is 9.86. The molecule has 2 aromatic carbocycles. The zero-order chi connectivity index (χ0) is 21.6. The minimum Gasteiger partial charge on any atom is -0.483 e. The molecule has 0 saturated heterocycles. The Morgan fingerprint density at radius 3 is 2.53 bits per heavy atom. The van der Waals surface area contributed by atoms with Gasteiger partial charge in [-0.05, 0) is 46.9 Å². The molecule has 156 valence electrons. The van der Waals surface area contributed by atoms with Gasteiger partial charge in [-0.1, -0.05) is 51.1 Å². The zero-order valence-electron chi connectivity index (χ0n) is 17.4. The van der Waals surface area contributed by atoms with Crippen molar-refractivity contribution < 1.29 is 18.7 Å². The number of hydrogen-bond donors (Lipinski definition) is 2. The van der Waals surface area contributed by atoms with Crippen LogP contribution in [0.4, 0.5) is 5.69 Å². The molecule has 0 aliphatic rings. The molecule has 1 aromatic heterocycles. The van der Waals surface area contributed by atoms with Crippen molar-refractivity contribution in [3.8, 4) is 5.75 Å². The van der Waals surface area contributed by atoms with E-state index in [0.29, 0.717) is 18.0 Å². The van der Waals surface area contributed by atoms with Crippen LogP contribution < -0.4 is 15.4 Å². The second-order valence-electron chi connectivity index (χ2n) is 7.94. The molecule has 0 saturated carbocycles. The lowest BCUT2D eigenvalue weighted by molar-refractivity contribution is -0.123. The van der Waals surface area contributed by atoms with E-state index in [2.05, 4.69) is 31.4 Å². The highest BCUT2D eigenvalue weighted by molar-refractivity contribution is 6.02. The lowest BCUT2D eigenvalue weighted by Gasteiger charge is -2.22. The molecule has 3 aromatic rings. The van der Waals surface area contributed by atoms with Gasteiger partial charge in [-0.15, -0.1) is 0 Å². The van der Waals surface area contributed by atoms with Crippen LogP contribution in [0, 0.1) is 0 Å². The highest BCUT2D eigenvalue weighted by atomic mass is 16.5. The van der Waals surface area contributed by atoms with Gasteiger partial charge in [-0.3, -0.25) is 9.59 Å². The Hall–Kier alpha value is -3.54. The fourth-order valence-electron chi connectivity index (χ4n) is 2.97. The molecule has 6 heteroatoms. The van der Waals surface area contributed by atoms with Crippen molar-refractivity contribution in [1.29, 1.82) is 0 Å². The molecule has 0 atom stereocenters. The molecule has 1 heterocycles. The van der Waals surface area contributed by atoms with Gasteiger partial charge in [0.05, 0.1) is 6.26 Å². The molecule has 6 nitrogen and oxygen atoms in total. The van der Waals surface area contributed by atoms with Gasteiger partial charge in [-0.25, -0.2) is 0 Å². The summed E-state index contributed by atoms with van der Waals surface area (Å²) < 4.78 is 10.8. The molecule has 0 fully saturated rings. The average Bonchev–Trinajstić information content (AvgIpc) is 3.26. The van der Waals surface area contributed by atoms with Gasteiger partial charge in [0.15, 0.2) is 12.4 Å². The maximum atomic E-state index is 12.3. The van der Waals surface area contributed by atoms with Crippen LogP contribution in [0.3, 0.4) is 0 Å². The average molecular weight is 406 g/mol. The van der Waals surface area contributed by atoms with Crippen LogP contribution in [0.5, 0.6) is 5.75 Å². The summed E-state index contributed by atoms with van der Waals surface area (Å²) in [7, 11) is 0. The summed E-state index contributed by atoms with van der Waals surface area (Å²) in [6.07, 6.45) is 1.45. The zero-order valence-corrected chi connectivity index (χ0v) is 17.4. The number of benzene rings is 2. The van der Waals surface area contributed by atoms with Crippen molar-refractivity contribution in [2.75, 3.05) is 11.9 Å². The van der Waals surface area contributed by atoms with Crippen LogP contribution in [0.2, 0.25) is 0 Å². The van der Waals surface area contributed by atoms with E-state index in [9.17, 15) is 9.59 Å². The van der Waals surface area contributed by atoms with Crippen LogP contribution in [0.1, 0.15) is 42.5 Å². The number of carbonyl (C=O) groups is 2. The molecule has 0 aliphatic carbocycles. The van der Waals surface area contributed by atoms with Crippen LogP contribution in [-0.2, 0) is 16.8 Å². The molecule has 2 N–H and O–H groups in total. The van der Waals surface area contributed by atoms with Crippen LogP contribution in [0.25, 0.3) is 0 Å². The Morgan fingerprint density at radius 2 is 1.80 bits per heavy atom. The van der Waals surface area contributed by atoms with Gasteiger partial charge in [-0.2, -0.15) is 0 Å². The molecule has 2 amide bonds. The third-order valence-electron chi connectivity index (χ3n) is 4.47. The maximum absolute atomic E-state index is 12.3. The van der Waals surface area contributed by atoms with E-state index in [1.807, 2.05) is 36.4 Å². The highest BCUT2D eigenvalue weighted by Crippen LogP contribution is 2.30. The fraction of sp³-hybridized carbons (Fsp3) is 0.250. The Morgan fingerprint density at radius 1 is 1.00 bits per heavy atom. The predicted octanol–water partition coefficient (Wildman–Crippen LogP) is 4.52. The summed E-state index contributed by atoms with van der Waals surface area (Å²) >= 11 is 0. The second kappa shape index (κ2) is 9.31. The normalized spacial score (nSPS) is 11.0. The lowest BCUT2D eigenvalue weighted by Crippen LogP contribution is -2.29. The Labute approximate surface area is 176 Å². The summed E-state index contributed by atoms with van der Waals surface area (Å²) in [4.78, 5) is 24.3. The first-order chi connectivity index (χ1) is 14.3. The third-order valence-corrected chi connectivity index (χ3v) is 4.47. The molecule has 0 unspecified atom stereocenters. The summed E-state index contributed by atoms with van der Waals surface area (Å²) in [5.74, 6) is 0.403. The topological polar surface area (TPSA) is 80.6 Å². The van der Waals surface area contributed by atoms with E-state index in [1.54, 1.807) is 24.3 Å². The van der Waals surface area contributed by atoms with E-state index in [0.717, 1.165) is 11.1 Å². The standard InChI is InChI=1S/C24H26N2O4/c1-24(2,3)19-10-4-5-11-20(19)30-16-22(27)25-15-17-8-6-9-18(14-17)26-23(28)21-12-7-13-29-21/h4-14H,15-16H2,1-3H3,(H,25,27)(H,26,28). The van der Waals surface area contributed by atoms with Crippen LogP contribution in [0.15, 0.2) is 71.3 Å². The van der Waals surface area contributed by atoms with Crippen LogP contribution >= 0.6 is 0 Å². The minimum atomic E-state index is -0.327. The van der Waals surface area contributed by atoms with Crippen molar-refractivity contribution in [1.82, 2.24) is 5.32 Å². The first-order valence-electron chi connectivity index (χ1n) is 9.76. The Kier molecular flexibility index (Phi) is 6.57. The number of furan rings is 1. The first-order valence-corrected chi connectivity index (χ1v) is 9.76. The fourth-order valence-corrected chi connectivity index (χ4v) is 2.97. The third kappa shape index (κ3) is 5.73. The van der Waals surface area contributed by atoms with E-state index < -0.39 is 0 Å². The maximum Gasteiger partial charge on any atom is 0.291 e. The number of para-hydroxylation sites is 1. The van der Waals surface area contributed by atoms with Crippen molar-refractivity contribution in [3.05, 3.63) is 83.8 Å². The molecule has 30 heavy (non-hydrogen) atoms. The van der Waals surface area contributed by atoms with Crippen molar-refractivity contribution in [3.63, 3.8) is 0 Å². The van der Waals surface area contributed by atoms with Gasteiger partial charge in [0, 0.05) is 12.2 Å². The van der Waals surface area contributed by atoms with E-state index in [1.165, 1.54) is 6.26 Å². The smallest absolute Gasteiger partial charge is 0.291 e. The van der Waals surface area contributed by atoms with E-state index >= 15 is 0 Å². The van der Waals surface area contributed by atoms with Gasteiger partial charge >= 0.3 is 0 Å². The molecule has 0 spiro atoms. The Balaban J connectivity index is 1.52. The number of carbonyl (C=O) groups excluding carboxylic acids is 2. The summed E-state index contributed by atoms with van der Waals surface area (Å²) in [5, 5.41) is 5.61. The largest absolute Gasteiger partial charge is 0.483 e. The Bertz CT molecular complexity index is 1000. The molecule has 0 aliphatic heterocycles. The quantitative estimate of drug-likeness (QED) is 0.604. The number of amides is 2. The number of hydrogen-bond acceptors (Lipinski definition) is 4. The molecular formula is C24H26N2O4. The summed E-state index contributed by atoms with van der Waals surface area (Å²) in [6.45, 7) is 6.57. The number of ether oxygens (including phenoxy) is 1.